The van der Waals surface area contributed by atoms with Crippen LogP contribution in [0.4, 0.5) is 0 Å². The number of hydrogen-bond donors (Lipinski definition) is 1. The Bertz CT molecular complexity index is 546. The summed E-state index contributed by atoms with van der Waals surface area (Å²) in [5.41, 5.74) is 3.58. The molecular weight excluding hydrogens is 232 g/mol. The Kier molecular flexibility index (Phi) is 4.54. The Balaban J connectivity index is 2.09. The van der Waals surface area contributed by atoms with Gasteiger partial charge < -0.3 is 5.32 Å². The Morgan fingerprint density at radius 1 is 1.11 bits per heavy atom. The molecule has 1 unspecified atom stereocenters. The molecule has 1 aromatic carbocycles. The first-order valence-corrected chi connectivity index (χ1v) is 7.17. The normalized spacial score (nSPS) is 13.1. The van der Waals surface area contributed by atoms with E-state index in [9.17, 15) is 0 Å². The lowest BCUT2D eigenvalue weighted by molar-refractivity contribution is 0.541. The van der Waals surface area contributed by atoms with E-state index in [0.717, 1.165) is 17.8 Å². The van der Waals surface area contributed by atoms with E-state index in [2.05, 4.69) is 61.4 Å². The third kappa shape index (κ3) is 3.77. The summed E-state index contributed by atoms with van der Waals surface area (Å²) in [5, 5.41) is 4.72. The highest BCUT2D eigenvalue weighted by atomic mass is 14.9. The number of fused-ring (bicyclic) bond motifs is 1. The predicted octanol–water partition coefficient (Wildman–Crippen LogP) is 4.03. The lowest BCUT2D eigenvalue weighted by Gasteiger charge is -2.14. The number of pyridine rings is 1. The number of nitrogens with zero attached hydrogens (tertiary/aromatic N) is 1. The molecule has 1 atom stereocenters. The molecule has 2 aromatic rings. The van der Waals surface area contributed by atoms with Gasteiger partial charge in [-0.2, -0.15) is 0 Å². The Morgan fingerprint density at radius 3 is 2.63 bits per heavy atom. The van der Waals surface area contributed by atoms with E-state index < -0.39 is 0 Å². The predicted molar refractivity (Wildman–Crippen MR) is 82.7 cm³/mol. The van der Waals surface area contributed by atoms with Crippen molar-refractivity contribution in [2.45, 2.75) is 46.1 Å². The van der Waals surface area contributed by atoms with Crippen molar-refractivity contribution in [3.8, 4) is 0 Å². The van der Waals surface area contributed by atoms with E-state index in [1.54, 1.807) is 0 Å². The van der Waals surface area contributed by atoms with Crippen LogP contribution in [0.3, 0.4) is 0 Å². The standard InChI is InChI=1S/C17H24N2/c1-12(2)18-10-9-13(3)15-7-8-17-16(11-15)6-5-14(4)19-17/h5-8,11-13,18H,9-10H2,1-4H3. The quantitative estimate of drug-likeness (QED) is 0.873. The second-order valence-corrected chi connectivity index (χ2v) is 5.70. The fourth-order valence-corrected chi connectivity index (χ4v) is 2.31. The summed E-state index contributed by atoms with van der Waals surface area (Å²) >= 11 is 0. The molecule has 0 aliphatic rings. The summed E-state index contributed by atoms with van der Waals surface area (Å²) in [7, 11) is 0. The van der Waals surface area contributed by atoms with E-state index in [0.29, 0.717) is 12.0 Å². The Hall–Kier alpha value is -1.41. The smallest absolute Gasteiger partial charge is 0.0705 e. The lowest BCUT2D eigenvalue weighted by atomic mass is 9.96. The van der Waals surface area contributed by atoms with Crippen LogP contribution in [0.15, 0.2) is 30.3 Å². The van der Waals surface area contributed by atoms with Crippen LogP contribution in [0.5, 0.6) is 0 Å². The van der Waals surface area contributed by atoms with Crippen molar-refractivity contribution in [3.05, 3.63) is 41.6 Å². The Labute approximate surface area is 116 Å². The maximum absolute atomic E-state index is 4.55. The van der Waals surface area contributed by atoms with Crippen LogP contribution in [-0.2, 0) is 0 Å². The van der Waals surface area contributed by atoms with Crippen molar-refractivity contribution in [3.63, 3.8) is 0 Å². The van der Waals surface area contributed by atoms with Crippen molar-refractivity contribution < 1.29 is 0 Å². The van der Waals surface area contributed by atoms with Gasteiger partial charge in [0.25, 0.3) is 0 Å². The molecule has 102 valence electrons. The van der Waals surface area contributed by atoms with Crippen LogP contribution in [0, 0.1) is 6.92 Å². The first kappa shape index (κ1) is 14.0. The molecule has 0 aliphatic heterocycles. The minimum Gasteiger partial charge on any atom is -0.315 e. The lowest BCUT2D eigenvalue weighted by Crippen LogP contribution is -2.24. The summed E-state index contributed by atoms with van der Waals surface area (Å²) in [5.74, 6) is 0.581. The molecule has 0 bridgehead atoms. The van der Waals surface area contributed by atoms with Gasteiger partial charge in [0.2, 0.25) is 0 Å². The molecule has 2 heteroatoms. The largest absolute Gasteiger partial charge is 0.315 e. The second kappa shape index (κ2) is 6.16. The number of rotatable bonds is 5. The minimum absolute atomic E-state index is 0.566. The number of benzene rings is 1. The molecule has 0 fully saturated rings. The molecular formula is C17H24N2. The molecule has 0 saturated carbocycles. The van der Waals surface area contributed by atoms with E-state index in [-0.39, 0.29) is 0 Å². The molecule has 2 nitrogen and oxygen atoms in total. The SMILES string of the molecule is Cc1ccc2cc(C(C)CCNC(C)C)ccc2n1. The molecule has 19 heavy (non-hydrogen) atoms. The number of nitrogens with one attached hydrogen (secondary N) is 1. The third-order valence-corrected chi connectivity index (χ3v) is 3.55. The van der Waals surface area contributed by atoms with Gasteiger partial charge in [0.05, 0.1) is 5.52 Å². The van der Waals surface area contributed by atoms with Crippen molar-refractivity contribution in [2.24, 2.45) is 0 Å². The highest BCUT2D eigenvalue weighted by Gasteiger charge is 2.07. The van der Waals surface area contributed by atoms with E-state index in [1.807, 2.05) is 6.92 Å². The molecule has 2 rings (SSSR count). The average molecular weight is 256 g/mol. The highest BCUT2D eigenvalue weighted by Crippen LogP contribution is 2.23. The van der Waals surface area contributed by atoms with Crippen LogP contribution in [0.25, 0.3) is 10.9 Å². The topological polar surface area (TPSA) is 24.9 Å². The van der Waals surface area contributed by atoms with Gasteiger partial charge in [-0.3, -0.25) is 4.98 Å². The molecule has 1 heterocycles. The maximum Gasteiger partial charge on any atom is 0.0705 e. The maximum atomic E-state index is 4.55. The van der Waals surface area contributed by atoms with Crippen LogP contribution in [0.1, 0.15) is 44.4 Å². The van der Waals surface area contributed by atoms with Crippen LogP contribution >= 0.6 is 0 Å². The first-order chi connectivity index (χ1) is 9.06. The summed E-state index contributed by atoms with van der Waals surface area (Å²) < 4.78 is 0. The first-order valence-electron chi connectivity index (χ1n) is 7.17. The number of aromatic nitrogens is 1. The molecule has 0 spiro atoms. The van der Waals surface area contributed by atoms with Gasteiger partial charge in [0.15, 0.2) is 0 Å². The van der Waals surface area contributed by atoms with E-state index >= 15 is 0 Å². The zero-order valence-electron chi connectivity index (χ0n) is 12.4. The van der Waals surface area contributed by atoms with E-state index in [1.165, 1.54) is 17.4 Å². The van der Waals surface area contributed by atoms with Gasteiger partial charge in [-0.05, 0) is 49.6 Å². The zero-order chi connectivity index (χ0) is 13.8. The molecule has 0 amide bonds. The van der Waals surface area contributed by atoms with Gasteiger partial charge in [-0.1, -0.05) is 32.9 Å². The van der Waals surface area contributed by atoms with Crippen LogP contribution in [-0.4, -0.2) is 17.6 Å². The van der Waals surface area contributed by atoms with Gasteiger partial charge in [0.1, 0.15) is 0 Å². The summed E-state index contributed by atoms with van der Waals surface area (Å²) in [4.78, 5) is 4.55. The molecule has 0 radical (unpaired) electrons. The van der Waals surface area contributed by atoms with Gasteiger partial charge in [-0.15, -0.1) is 0 Å². The van der Waals surface area contributed by atoms with Crippen LogP contribution < -0.4 is 5.32 Å². The van der Waals surface area contributed by atoms with Crippen LogP contribution in [0.2, 0.25) is 0 Å². The second-order valence-electron chi connectivity index (χ2n) is 5.70. The van der Waals surface area contributed by atoms with E-state index in [4.69, 9.17) is 0 Å². The molecule has 1 N–H and O–H groups in total. The van der Waals surface area contributed by atoms with Gasteiger partial charge in [-0.25, -0.2) is 0 Å². The number of hydrogen-bond acceptors (Lipinski definition) is 2. The Morgan fingerprint density at radius 2 is 1.89 bits per heavy atom. The van der Waals surface area contributed by atoms with Gasteiger partial charge in [0, 0.05) is 17.1 Å². The minimum atomic E-state index is 0.566. The van der Waals surface area contributed by atoms with Crippen molar-refractivity contribution in [2.75, 3.05) is 6.54 Å². The zero-order valence-corrected chi connectivity index (χ0v) is 12.4. The van der Waals surface area contributed by atoms with Crippen molar-refractivity contribution in [1.82, 2.24) is 10.3 Å². The molecule has 0 aliphatic carbocycles. The summed E-state index contributed by atoms with van der Waals surface area (Å²) in [6, 6.07) is 11.5. The third-order valence-electron chi connectivity index (χ3n) is 3.55. The monoisotopic (exact) mass is 256 g/mol. The summed E-state index contributed by atoms with van der Waals surface area (Å²) in [6.07, 6.45) is 1.17. The highest BCUT2D eigenvalue weighted by molar-refractivity contribution is 5.79. The average Bonchev–Trinajstić information content (AvgIpc) is 2.37. The fourth-order valence-electron chi connectivity index (χ4n) is 2.31. The summed E-state index contributed by atoms with van der Waals surface area (Å²) in [6.45, 7) is 9.78. The molecule has 1 aromatic heterocycles. The van der Waals surface area contributed by atoms with Crippen molar-refractivity contribution in [1.29, 1.82) is 0 Å². The fraction of sp³-hybridized carbons (Fsp3) is 0.471. The molecule has 0 saturated heterocycles. The number of aryl methyl sites for hydroxylation is 1. The van der Waals surface area contributed by atoms with Gasteiger partial charge >= 0.3 is 0 Å². The van der Waals surface area contributed by atoms with Crippen molar-refractivity contribution >= 4 is 10.9 Å².